The van der Waals surface area contributed by atoms with Crippen molar-refractivity contribution in [3.8, 4) is 0 Å². The molecule has 2 aromatic rings. The van der Waals surface area contributed by atoms with E-state index in [4.69, 9.17) is 0 Å². The number of allylic oxidation sites excluding steroid dienone is 2. The molecule has 3 saturated heterocycles. The van der Waals surface area contributed by atoms with Crippen LogP contribution < -0.4 is 0 Å². The normalized spacial score (nSPS) is 29.9. The van der Waals surface area contributed by atoms with E-state index in [1.807, 2.05) is 22.0 Å². The first kappa shape index (κ1) is 24.5. The SMILES string of the molecule is C=CCc1cccc([C@@H]2[C@@H](C)CC[C@H]3C(=O)N4[C@H](c5cccc(CC=C)c5)[C@@H](C)CC[C@H]4C(=O)N23)c1. The summed E-state index contributed by atoms with van der Waals surface area (Å²) in [5.41, 5.74) is 4.67. The van der Waals surface area contributed by atoms with Crippen molar-refractivity contribution in [1.29, 1.82) is 0 Å². The van der Waals surface area contributed by atoms with Gasteiger partial charge in [-0.05, 0) is 72.6 Å². The van der Waals surface area contributed by atoms with Crippen molar-refractivity contribution in [3.05, 3.63) is 96.1 Å². The lowest BCUT2D eigenvalue weighted by molar-refractivity contribution is -0.177. The van der Waals surface area contributed by atoms with Crippen LogP contribution >= 0.6 is 0 Å². The van der Waals surface area contributed by atoms with Gasteiger partial charge >= 0.3 is 0 Å². The number of rotatable bonds is 6. The minimum absolute atomic E-state index is 0.0687. The molecule has 3 aliphatic heterocycles. The first-order valence-electron chi connectivity index (χ1n) is 13.5. The van der Waals surface area contributed by atoms with Crippen molar-refractivity contribution in [2.75, 3.05) is 0 Å². The lowest BCUT2D eigenvalue weighted by Gasteiger charge is -2.56. The maximum atomic E-state index is 14.2. The van der Waals surface area contributed by atoms with E-state index in [-0.39, 0.29) is 36.0 Å². The fourth-order valence-corrected chi connectivity index (χ4v) is 6.90. The van der Waals surface area contributed by atoms with Crippen molar-refractivity contribution in [2.45, 2.75) is 76.5 Å². The number of carbonyl (C=O) groups is 2. The van der Waals surface area contributed by atoms with Crippen molar-refractivity contribution < 1.29 is 9.59 Å². The van der Waals surface area contributed by atoms with Gasteiger partial charge in [-0.2, -0.15) is 0 Å². The number of benzene rings is 2. The summed E-state index contributed by atoms with van der Waals surface area (Å²) >= 11 is 0. The van der Waals surface area contributed by atoms with Crippen LogP contribution in [0.1, 0.15) is 73.9 Å². The Bertz CT molecular complexity index is 1080. The van der Waals surface area contributed by atoms with Crippen LogP contribution in [0.5, 0.6) is 0 Å². The minimum atomic E-state index is -0.387. The van der Waals surface area contributed by atoms with Crippen LogP contribution in [0.3, 0.4) is 0 Å². The Morgan fingerprint density at radius 2 is 1.14 bits per heavy atom. The van der Waals surface area contributed by atoms with Gasteiger partial charge in [0.15, 0.2) is 0 Å². The van der Waals surface area contributed by atoms with Crippen LogP contribution in [0.2, 0.25) is 0 Å². The highest BCUT2D eigenvalue weighted by Gasteiger charge is 2.55. The second-order valence-corrected chi connectivity index (χ2v) is 11.0. The van der Waals surface area contributed by atoms with Crippen molar-refractivity contribution in [3.63, 3.8) is 0 Å². The van der Waals surface area contributed by atoms with Gasteiger partial charge in [0.2, 0.25) is 11.8 Å². The molecule has 0 saturated carbocycles. The molecule has 0 N–H and O–H groups in total. The smallest absolute Gasteiger partial charge is 0.246 e. The second-order valence-electron chi connectivity index (χ2n) is 11.0. The number of piperazine rings is 1. The number of nitrogens with zero attached hydrogens (tertiary/aromatic N) is 2. The summed E-state index contributed by atoms with van der Waals surface area (Å²) < 4.78 is 0. The lowest BCUT2D eigenvalue weighted by Crippen LogP contribution is -2.69. The van der Waals surface area contributed by atoms with Gasteiger partial charge in [0, 0.05) is 0 Å². The molecule has 0 unspecified atom stereocenters. The Balaban J connectivity index is 1.52. The molecule has 2 aromatic carbocycles. The Hall–Kier alpha value is -3.14. The predicted molar refractivity (Wildman–Crippen MR) is 144 cm³/mol. The molecule has 0 spiro atoms. The van der Waals surface area contributed by atoms with Crippen molar-refractivity contribution in [1.82, 2.24) is 9.80 Å². The van der Waals surface area contributed by atoms with Gasteiger partial charge in [-0.1, -0.05) is 74.5 Å². The summed E-state index contributed by atoms with van der Waals surface area (Å²) in [5, 5.41) is 0. The Morgan fingerprint density at radius 3 is 1.53 bits per heavy atom. The van der Waals surface area contributed by atoms with Crippen molar-refractivity contribution in [2.24, 2.45) is 11.8 Å². The summed E-state index contributed by atoms with van der Waals surface area (Å²) in [6.45, 7) is 12.2. The summed E-state index contributed by atoms with van der Waals surface area (Å²) in [6, 6.07) is 16.1. The third-order valence-electron chi connectivity index (χ3n) is 8.56. The maximum absolute atomic E-state index is 14.2. The fourth-order valence-electron chi connectivity index (χ4n) is 6.90. The first-order chi connectivity index (χ1) is 17.4. The van der Waals surface area contributed by atoms with E-state index >= 15 is 0 Å². The van der Waals surface area contributed by atoms with E-state index in [0.29, 0.717) is 11.8 Å². The van der Waals surface area contributed by atoms with E-state index in [1.54, 1.807) is 0 Å². The van der Waals surface area contributed by atoms with E-state index in [9.17, 15) is 9.59 Å². The van der Waals surface area contributed by atoms with E-state index in [2.05, 4.69) is 75.5 Å². The number of carbonyl (C=O) groups excluding carboxylic acids is 2. The number of amides is 2. The van der Waals surface area contributed by atoms with Crippen LogP contribution in [0.25, 0.3) is 0 Å². The van der Waals surface area contributed by atoms with Crippen molar-refractivity contribution >= 4 is 11.8 Å². The number of fused-ring (bicyclic) bond motifs is 2. The zero-order chi connectivity index (χ0) is 25.4. The highest BCUT2D eigenvalue weighted by Crippen LogP contribution is 2.48. The lowest BCUT2D eigenvalue weighted by atomic mass is 9.76. The molecule has 5 rings (SSSR count). The number of piperidine rings is 2. The van der Waals surface area contributed by atoms with Crippen LogP contribution in [0.4, 0.5) is 0 Å². The van der Waals surface area contributed by atoms with Gasteiger partial charge in [0.1, 0.15) is 12.1 Å². The van der Waals surface area contributed by atoms with Gasteiger partial charge in [-0.3, -0.25) is 9.59 Å². The van der Waals surface area contributed by atoms with E-state index in [0.717, 1.165) is 49.7 Å². The third-order valence-corrected chi connectivity index (χ3v) is 8.56. The van der Waals surface area contributed by atoms with Gasteiger partial charge < -0.3 is 9.80 Å². The van der Waals surface area contributed by atoms with Crippen LogP contribution in [0.15, 0.2) is 73.8 Å². The van der Waals surface area contributed by atoms with Gasteiger partial charge in [-0.25, -0.2) is 0 Å². The first-order valence-corrected chi connectivity index (χ1v) is 13.5. The van der Waals surface area contributed by atoms with Gasteiger partial charge in [-0.15, -0.1) is 13.2 Å². The number of hydrogen-bond donors (Lipinski definition) is 0. The third kappa shape index (κ3) is 4.21. The molecule has 3 heterocycles. The Kier molecular flexibility index (Phi) is 6.87. The Morgan fingerprint density at radius 1 is 0.722 bits per heavy atom. The van der Waals surface area contributed by atoms with Crippen LogP contribution in [-0.4, -0.2) is 33.7 Å². The summed E-state index contributed by atoms with van der Waals surface area (Å²) in [4.78, 5) is 32.4. The molecule has 0 bridgehead atoms. The molecular formula is C32H38N2O2. The molecule has 0 aliphatic carbocycles. The molecule has 3 aliphatic rings. The molecule has 3 fully saturated rings. The number of hydrogen-bond acceptors (Lipinski definition) is 2. The Labute approximate surface area is 215 Å². The zero-order valence-electron chi connectivity index (χ0n) is 21.6. The van der Waals surface area contributed by atoms with Crippen LogP contribution in [0, 0.1) is 11.8 Å². The summed E-state index contributed by atoms with van der Waals surface area (Å²) in [6.07, 6.45) is 8.75. The summed E-state index contributed by atoms with van der Waals surface area (Å²) in [7, 11) is 0. The predicted octanol–water partition coefficient (Wildman–Crippen LogP) is 6.19. The molecule has 188 valence electrons. The molecule has 0 aromatic heterocycles. The zero-order valence-corrected chi connectivity index (χ0v) is 21.6. The standard InChI is InChI=1S/C32H38N2O2/c1-5-9-23-11-7-13-25(19-23)29-21(3)15-17-27-32(36)34-28(31(35)33(27)29)18-16-22(4)30(34)26-14-8-12-24(20-26)10-6-2/h5-8,11-14,19-22,27-30H,1-2,9-10,15-18H2,3-4H3/t21-,22-,27-,28-,29-,30-/m0/s1. The average molecular weight is 483 g/mol. The highest BCUT2D eigenvalue weighted by atomic mass is 16.2. The molecular weight excluding hydrogens is 444 g/mol. The minimum Gasteiger partial charge on any atom is -0.322 e. The fraction of sp³-hybridized carbons (Fsp3) is 0.438. The molecule has 36 heavy (non-hydrogen) atoms. The second kappa shape index (κ2) is 10.1. The maximum Gasteiger partial charge on any atom is 0.246 e. The quantitative estimate of drug-likeness (QED) is 0.460. The monoisotopic (exact) mass is 482 g/mol. The largest absolute Gasteiger partial charge is 0.322 e. The molecule has 2 amide bonds. The molecule has 4 heteroatoms. The van der Waals surface area contributed by atoms with Gasteiger partial charge in [0.25, 0.3) is 0 Å². The van der Waals surface area contributed by atoms with Crippen LogP contribution in [-0.2, 0) is 22.4 Å². The molecule has 4 nitrogen and oxygen atoms in total. The van der Waals surface area contributed by atoms with E-state index < -0.39 is 0 Å². The average Bonchev–Trinajstić information content (AvgIpc) is 2.87. The van der Waals surface area contributed by atoms with Gasteiger partial charge in [0.05, 0.1) is 12.1 Å². The molecule has 0 radical (unpaired) electrons. The molecule has 6 atom stereocenters. The topological polar surface area (TPSA) is 40.6 Å². The van der Waals surface area contributed by atoms with E-state index in [1.165, 1.54) is 11.1 Å². The highest BCUT2D eigenvalue weighted by molar-refractivity contribution is 5.98. The summed E-state index contributed by atoms with van der Waals surface area (Å²) in [5.74, 6) is 0.865.